The molecule has 0 aliphatic rings. The van der Waals surface area contributed by atoms with Crippen LogP contribution in [0.3, 0.4) is 0 Å². The van der Waals surface area contributed by atoms with Crippen molar-refractivity contribution in [2.45, 2.75) is 18.2 Å². The van der Waals surface area contributed by atoms with E-state index in [4.69, 9.17) is 0 Å². The molecule has 0 radical (unpaired) electrons. The van der Waals surface area contributed by atoms with Gasteiger partial charge in [-0.3, -0.25) is 0 Å². The minimum atomic E-state index is 0.279. The van der Waals surface area contributed by atoms with Gasteiger partial charge in [-0.1, -0.05) is 65.3 Å². The summed E-state index contributed by atoms with van der Waals surface area (Å²) in [6.45, 7) is 2.18. The van der Waals surface area contributed by atoms with Gasteiger partial charge in [0, 0.05) is 3.57 Å². The van der Waals surface area contributed by atoms with Gasteiger partial charge in [0.05, 0.1) is 4.83 Å². The van der Waals surface area contributed by atoms with Gasteiger partial charge in [-0.15, -0.1) is 0 Å². The quantitative estimate of drug-likeness (QED) is 0.482. The molecular formula is C15H14BrI. The fourth-order valence-electron chi connectivity index (χ4n) is 1.78. The molecule has 88 valence electrons. The molecule has 0 aliphatic heterocycles. The molecule has 0 fully saturated rings. The third-order valence-electron chi connectivity index (χ3n) is 2.86. The molecule has 17 heavy (non-hydrogen) atoms. The van der Waals surface area contributed by atoms with Crippen molar-refractivity contribution < 1.29 is 0 Å². The van der Waals surface area contributed by atoms with Crippen LogP contribution >= 0.6 is 38.5 Å². The number of alkyl halides is 1. The molecule has 0 aromatic heterocycles. The van der Waals surface area contributed by atoms with Gasteiger partial charge in [-0.05, 0) is 51.8 Å². The van der Waals surface area contributed by atoms with Gasteiger partial charge in [-0.25, -0.2) is 0 Å². The Labute approximate surface area is 125 Å². The summed E-state index contributed by atoms with van der Waals surface area (Å²) in [5, 5.41) is 0. The van der Waals surface area contributed by atoms with E-state index < -0.39 is 0 Å². The standard InChI is InChI=1S/C15H14BrI/c1-2-11-7-9-12(10-8-11)15(16)13-5-3-4-6-14(13)17/h3-10,15H,2H2,1H3. The Morgan fingerprint density at radius 2 is 1.71 bits per heavy atom. The zero-order chi connectivity index (χ0) is 12.3. The molecule has 0 saturated heterocycles. The molecule has 0 heterocycles. The molecule has 0 saturated carbocycles. The van der Waals surface area contributed by atoms with Crippen LogP contribution in [0.1, 0.15) is 28.4 Å². The number of halogens is 2. The van der Waals surface area contributed by atoms with Gasteiger partial charge in [0.2, 0.25) is 0 Å². The topological polar surface area (TPSA) is 0 Å². The minimum absolute atomic E-state index is 0.279. The van der Waals surface area contributed by atoms with Crippen molar-refractivity contribution in [3.63, 3.8) is 0 Å². The Bertz CT molecular complexity index is 491. The van der Waals surface area contributed by atoms with Crippen LogP contribution in [-0.4, -0.2) is 0 Å². The molecule has 1 unspecified atom stereocenters. The highest BCUT2D eigenvalue weighted by Crippen LogP contribution is 2.33. The first kappa shape index (κ1) is 13.1. The van der Waals surface area contributed by atoms with Gasteiger partial charge >= 0.3 is 0 Å². The molecule has 0 bridgehead atoms. The highest BCUT2D eigenvalue weighted by atomic mass is 127. The lowest BCUT2D eigenvalue weighted by Gasteiger charge is -2.13. The molecular weight excluding hydrogens is 387 g/mol. The summed E-state index contributed by atoms with van der Waals surface area (Å²) in [5.74, 6) is 0. The van der Waals surface area contributed by atoms with Crippen molar-refractivity contribution in [1.29, 1.82) is 0 Å². The second-order valence-electron chi connectivity index (χ2n) is 3.98. The summed E-state index contributed by atoms with van der Waals surface area (Å²) in [6.07, 6.45) is 1.09. The first-order valence-corrected chi connectivity index (χ1v) is 7.69. The fourth-order valence-corrected chi connectivity index (χ4v) is 3.61. The van der Waals surface area contributed by atoms with E-state index in [2.05, 4.69) is 94.0 Å². The van der Waals surface area contributed by atoms with Crippen LogP contribution in [0.2, 0.25) is 0 Å². The smallest absolute Gasteiger partial charge is 0.0654 e. The van der Waals surface area contributed by atoms with Crippen LogP contribution in [0.25, 0.3) is 0 Å². The molecule has 2 rings (SSSR count). The Hall–Kier alpha value is -0.350. The molecule has 0 spiro atoms. The highest BCUT2D eigenvalue weighted by molar-refractivity contribution is 14.1. The fraction of sp³-hybridized carbons (Fsp3) is 0.200. The Kier molecular flexibility index (Phi) is 4.62. The SMILES string of the molecule is CCc1ccc(C(Br)c2ccccc2I)cc1. The van der Waals surface area contributed by atoms with E-state index in [1.807, 2.05) is 0 Å². The number of hydrogen-bond acceptors (Lipinski definition) is 0. The normalized spacial score (nSPS) is 12.4. The number of benzene rings is 2. The van der Waals surface area contributed by atoms with Gasteiger partial charge in [0.1, 0.15) is 0 Å². The lowest BCUT2D eigenvalue weighted by molar-refractivity contribution is 1.11. The van der Waals surface area contributed by atoms with E-state index in [1.54, 1.807) is 0 Å². The first-order valence-electron chi connectivity index (χ1n) is 5.69. The summed E-state index contributed by atoms with van der Waals surface area (Å²) in [7, 11) is 0. The van der Waals surface area contributed by atoms with Crippen molar-refractivity contribution >= 4 is 38.5 Å². The second kappa shape index (κ2) is 6.01. The van der Waals surface area contributed by atoms with Crippen LogP contribution in [0.4, 0.5) is 0 Å². The van der Waals surface area contributed by atoms with Gasteiger partial charge in [0.15, 0.2) is 0 Å². The van der Waals surface area contributed by atoms with Crippen molar-refractivity contribution in [2.24, 2.45) is 0 Å². The minimum Gasteiger partial charge on any atom is -0.0786 e. The molecule has 0 aliphatic carbocycles. The predicted molar refractivity (Wildman–Crippen MR) is 85.7 cm³/mol. The van der Waals surface area contributed by atoms with E-state index in [-0.39, 0.29) is 4.83 Å². The predicted octanol–water partition coefficient (Wildman–Crippen LogP) is 5.34. The first-order chi connectivity index (χ1) is 8.22. The molecule has 0 N–H and O–H groups in total. The van der Waals surface area contributed by atoms with E-state index >= 15 is 0 Å². The highest BCUT2D eigenvalue weighted by Gasteiger charge is 2.12. The van der Waals surface area contributed by atoms with E-state index in [9.17, 15) is 0 Å². The molecule has 0 nitrogen and oxygen atoms in total. The second-order valence-corrected chi connectivity index (χ2v) is 6.06. The van der Waals surface area contributed by atoms with Crippen LogP contribution in [0.15, 0.2) is 48.5 Å². The maximum absolute atomic E-state index is 3.79. The van der Waals surface area contributed by atoms with Crippen molar-refractivity contribution in [3.8, 4) is 0 Å². The van der Waals surface area contributed by atoms with Gasteiger partial charge < -0.3 is 0 Å². The summed E-state index contributed by atoms with van der Waals surface area (Å²) < 4.78 is 1.30. The average Bonchev–Trinajstić information content (AvgIpc) is 2.39. The van der Waals surface area contributed by atoms with Crippen LogP contribution in [0.5, 0.6) is 0 Å². The lowest BCUT2D eigenvalue weighted by Crippen LogP contribution is -1.95. The summed E-state index contributed by atoms with van der Waals surface area (Å²) in [6, 6.07) is 17.3. The maximum atomic E-state index is 3.79. The number of aryl methyl sites for hydroxylation is 1. The molecule has 2 aromatic carbocycles. The van der Waals surface area contributed by atoms with E-state index in [0.29, 0.717) is 0 Å². The van der Waals surface area contributed by atoms with Crippen molar-refractivity contribution in [3.05, 3.63) is 68.8 Å². The summed E-state index contributed by atoms with van der Waals surface area (Å²) >= 11 is 6.17. The Balaban J connectivity index is 2.30. The molecule has 1 atom stereocenters. The van der Waals surface area contributed by atoms with Gasteiger partial charge in [0.25, 0.3) is 0 Å². The average molecular weight is 401 g/mol. The van der Waals surface area contributed by atoms with E-state index in [1.165, 1.54) is 20.3 Å². The third-order valence-corrected chi connectivity index (χ3v) is 4.86. The van der Waals surface area contributed by atoms with Crippen LogP contribution in [-0.2, 0) is 6.42 Å². The number of hydrogen-bond donors (Lipinski definition) is 0. The molecule has 2 heteroatoms. The van der Waals surface area contributed by atoms with Gasteiger partial charge in [-0.2, -0.15) is 0 Å². The summed E-state index contributed by atoms with van der Waals surface area (Å²) in [4.78, 5) is 0.279. The largest absolute Gasteiger partial charge is 0.0786 e. The number of rotatable bonds is 3. The van der Waals surface area contributed by atoms with Crippen LogP contribution in [0, 0.1) is 3.57 Å². The van der Waals surface area contributed by atoms with Crippen LogP contribution < -0.4 is 0 Å². The Morgan fingerprint density at radius 1 is 1.06 bits per heavy atom. The Morgan fingerprint density at radius 3 is 2.29 bits per heavy atom. The maximum Gasteiger partial charge on any atom is 0.0654 e. The third kappa shape index (κ3) is 3.10. The van der Waals surface area contributed by atoms with Crippen molar-refractivity contribution in [1.82, 2.24) is 0 Å². The monoisotopic (exact) mass is 400 g/mol. The molecule has 0 amide bonds. The van der Waals surface area contributed by atoms with Crippen molar-refractivity contribution in [2.75, 3.05) is 0 Å². The van der Waals surface area contributed by atoms with E-state index in [0.717, 1.165) is 6.42 Å². The zero-order valence-corrected chi connectivity index (χ0v) is 13.4. The zero-order valence-electron chi connectivity index (χ0n) is 9.66. The molecule has 2 aromatic rings. The lowest BCUT2D eigenvalue weighted by atomic mass is 10.0. The summed E-state index contributed by atoms with van der Waals surface area (Å²) in [5.41, 5.74) is 4.03.